The van der Waals surface area contributed by atoms with Gasteiger partial charge in [-0.15, -0.1) is 0 Å². The number of aromatic nitrogens is 2. The van der Waals surface area contributed by atoms with Crippen molar-refractivity contribution in [3.8, 4) is 0 Å². The van der Waals surface area contributed by atoms with Crippen LogP contribution in [0.2, 0.25) is 0 Å². The Hall–Kier alpha value is -2.05. The average molecular weight is 363 g/mol. The zero-order valence-corrected chi connectivity index (χ0v) is 14.3. The Labute approximate surface area is 149 Å². The minimum absolute atomic E-state index is 0.0305. The van der Waals surface area contributed by atoms with Gasteiger partial charge in [0.1, 0.15) is 0 Å². The molecule has 0 N–H and O–H groups in total. The van der Waals surface area contributed by atoms with Crippen molar-refractivity contribution in [1.29, 1.82) is 0 Å². The summed E-state index contributed by atoms with van der Waals surface area (Å²) in [6.45, 7) is 1.54. The first kappa shape index (κ1) is 16.1. The molecule has 2 aliphatic carbocycles. The number of hydrogen-bond donors (Lipinski definition) is 0. The second-order valence-electron chi connectivity index (χ2n) is 7.94. The molecule has 1 aromatic heterocycles. The van der Waals surface area contributed by atoms with Gasteiger partial charge in [-0.3, -0.25) is 4.79 Å². The summed E-state index contributed by atoms with van der Waals surface area (Å²) in [5.74, 6) is 1.98. The summed E-state index contributed by atoms with van der Waals surface area (Å²) >= 11 is 0. The van der Waals surface area contributed by atoms with E-state index >= 15 is 0 Å². The normalized spacial score (nSPS) is 28.2. The second-order valence-corrected chi connectivity index (χ2v) is 7.94. The Morgan fingerprint density at radius 1 is 1.15 bits per heavy atom. The number of rotatable bonds is 2. The molecule has 138 valence electrons. The van der Waals surface area contributed by atoms with Gasteiger partial charge in [0.05, 0.1) is 16.6 Å². The van der Waals surface area contributed by atoms with Gasteiger partial charge in [0.25, 0.3) is 5.91 Å². The molecular formula is C19H20F3N3O. The Bertz CT molecular complexity index is 888. The molecule has 2 saturated carbocycles. The molecule has 0 spiro atoms. The summed E-state index contributed by atoms with van der Waals surface area (Å²) in [7, 11) is 0. The Morgan fingerprint density at radius 2 is 2.00 bits per heavy atom. The van der Waals surface area contributed by atoms with Gasteiger partial charge in [0.15, 0.2) is 5.82 Å². The lowest BCUT2D eigenvalue weighted by atomic mass is 9.88. The molecule has 2 heterocycles. The Kier molecular flexibility index (Phi) is 3.40. The van der Waals surface area contributed by atoms with Crippen LogP contribution in [0.25, 0.3) is 11.0 Å². The van der Waals surface area contributed by atoms with Crippen molar-refractivity contribution in [2.24, 2.45) is 17.8 Å². The van der Waals surface area contributed by atoms with E-state index in [2.05, 4.69) is 4.98 Å². The first-order valence-electron chi connectivity index (χ1n) is 9.27. The van der Waals surface area contributed by atoms with E-state index in [1.165, 1.54) is 36.3 Å². The summed E-state index contributed by atoms with van der Waals surface area (Å²) in [5.41, 5.74) is -0.448. The fraction of sp³-hybridized carbons (Fsp3) is 0.579. The van der Waals surface area contributed by atoms with E-state index in [1.54, 1.807) is 11.0 Å². The molecule has 0 saturated heterocycles. The molecule has 4 nitrogen and oxygen atoms in total. The molecule has 1 aromatic carbocycles. The van der Waals surface area contributed by atoms with Crippen molar-refractivity contribution >= 4 is 16.9 Å². The third kappa shape index (κ3) is 2.36. The zero-order valence-electron chi connectivity index (χ0n) is 14.3. The van der Waals surface area contributed by atoms with Crippen LogP contribution in [-0.4, -0.2) is 33.4 Å². The highest BCUT2D eigenvalue weighted by Crippen LogP contribution is 2.48. The highest BCUT2D eigenvalue weighted by atomic mass is 19.4. The number of imidazole rings is 1. The van der Waals surface area contributed by atoms with E-state index in [1.807, 2.05) is 0 Å². The van der Waals surface area contributed by atoms with Crippen LogP contribution in [-0.2, 0) is 12.7 Å². The van der Waals surface area contributed by atoms with Gasteiger partial charge in [0.2, 0.25) is 0 Å². The van der Waals surface area contributed by atoms with Gasteiger partial charge < -0.3 is 9.47 Å². The first-order chi connectivity index (χ1) is 12.4. The van der Waals surface area contributed by atoms with Crippen LogP contribution < -0.4 is 0 Å². The SMILES string of the molecule is O=C1c2nc3cccc(C(F)(F)F)c3n2CCN1CC1CC2CCC1C2. The maximum absolute atomic E-state index is 13.4. The number of halogens is 3. The molecule has 26 heavy (non-hydrogen) atoms. The van der Waals surface area contributed by atoms with Crippen LogP contribution in [0.1, 0.15) is 41.9 Å². The lowest BCUT2D eigenvalue weighted by Gasteiger charge is -2.32. The van der Waals surface area contributed by atoms with E-state index in [4.69, 9.17) is 0 Å². The van der Waals surface area contributed by atoms with Crippen molar-refractivity contribution < 1.29 is 18.0 Å². The number of carbonyl (C=O) groups is 1. The molecule has 7 heteroatoms. The number of benzene rings is 1. The third-order valence-corrected chi connectivity index (χ3v) is 6.48. The Balaban J connectivity index is 1.48. The number of nitrogens with zero attached hydrogens (tertiary/aromatic N) is 3. The molecule has 2 bridgehead atoms. The van der Waals surface area contributed by atoms with E-state index in [0.717, 1.165) is 18.5 Å². The topological polar surface area (TPSA) is 38.1 Å². The number of carbonyl (C=O) groups excluding carboxylic acids is 1. The van der Waals surface area contributed by atoms with E-state index in [0.29, 0.717) is 24.9 Å². The van der Waals surface area contributed by atoms with Gasteiger partial charge in [-0.25, -0.2) is 4.98 Å². The first-order valence-corrected chi connectivity index (χ1v) is 9.27. The van der Waals surface area contributed by atoms with E-state index in [-0.39, 0.29) is 22.8 Å². The van der Waals surface area contributed by atoms with Crippen LogP contribution in [0.5, 0.6) is 0 Å². The third-order valence-electron chi connectivity index (χ3n) is 6.48. The van der Waals surface area contributed by atoms with Crippen LogP contribution >= 0.6 is 0 Å². The molecular weight excluding hydrogens is 343 g/mol. The van der Waals surface area contributed by atoms with Crippen molar-refractivity contribution in [2.45, 2.75) is 38.4 Å². The van der Waals surface area contributed by atoms with Crippen molar-refractivity contribution in [3.63, 3.8) is 0 Å². The minimum Gasteiger partial charge on any atom is -0.334 e. The van der Waals surface area contributed by atoms with Gasteiger partial charge in [-0.1, -0.05) is 12.5 Å². The fourth-order valence-corrected chi connectivity index (χ4v) is 5.32. The number of alkyl halides is 3. The van der Waals surface area contributed by atoms with Crippen molar-refractivity contribution in [2.75, 3.05) is 13.1 Å². The predicted molar refractivity (Wildman–Crippen MR) is 89.6 cm³/mol. The highest BCUT2D eigenvalue weighted by Gasteiger charge is 2.42. The van der Waals surface area contributed by atoms with Crippen LogP contribution in [0, 0.1) is 17.8 Å². The molecule has 1 aliphatic heterocycles. The quantitative estimate of drug-likeness (QED) is 0.810. The van der Waals surface area contributed by atoms with Crippen LogP contribution in [0.3, 0.4) is 0 Å². The molecule has 0 radical (unpaired) electrons. The molecule has 3 atom stereocenters. The smallest absolute Gasteiger partial charge is 0.334 e. The predicted octanol–water partition coefficient (Wildman–Crippen LogP) is 3.95. The molecule has 1 amide bonds. The van der Waals surface area contributed by atoms with Crippen LogP contribution in [0.4, 0.5) is 13.2 Å². The van der Waals surface area contributed by atoms with Gasteiger partial charge in [0, 0.05) is 19.6 Å². The number of fused-ring (bicyclic) bond motifs is 5. The summed E-state index contributed by atoms with van der Waals surface area (Å²) in [6.07, 6.45) is 0.568. The maximum atomic E-state index is 13.4. The lowest BCUT2D eigenvalue weighted by molar-refractivity contribution is -0.136. The molecule has 5 rings (SSSR count). The van der Waals surface area contributed by atoms with Gasteiger partial charge in [-0.05, 0) is 49.1 Å². The monoisotopic (exact) mass is 363 g/mol. The molecule has 2 aromatic rings. The summed E-state index contributed by atoms with van der Waals surface area (Å²) < 4.78 is 41.5. The fourth-order valence-electron chi connectivity index (χ4n) is 5.32. The average Bonchev–Trinajstić information content (AvgIpc) is 3.29. The van der Waals surface area contributed by atoms with Crippen LogP contribution in [0.15, 0.2) is 18.2 Å². The minimum atomic E-state index is -4.46. The van der Waals surface area contributed by atoms with Crippen molar-refractivity contribution in [1.82, 2.24) is 14.5 Å². The lowest BCUT2D eigenvalue weighted by Crippen LogP contribution is -2.43. The molecule has 3 unspecified atom stereocenters. The highest BCUT2D eigenvalue weighted by molar-refractivity contribution is 5.96. The molecule has 2 fully saturated rings. The van der Waals surface area contributed by atoms with E-state index < -0.39 is 11.7 Å². The van der Waals surface area contributed by atoms with Crippen molar-refractivity contribution in [3.05, 3.63) is 29.6 Å². The summed E-state index contributed by atoms with van der Waals surface area (Å²) in [6, 6.07) is 3.95. The van der Waals surface area contributed by atoms with E-state index in [9.17, 15) is 18.0 Å². The summed E-state index contributed by atoms with van der Waals surface area (Å²) in [5, 5.41) is 0. The largest absolute Gasteiger partial charge is 0.418 e. The van der Waals surface area contributed by atoms with Gasteiger partial charge in [-0.2, -0.15) is 13.2 Å². The maximum Gasteiger partial charge on any atom is 0.418 e. The number of para-hydroxylation sites is 1. The molecule has 3 aliphatic rings. The number of hydrogen-bond acceptors (Lipinski definition) is 2. The number of amides is 1. The van der Waals surface area contributed by atoms with Gasteiger partial charge >= 0.3 is 6.18 Å². The summed E-state index contributed by atoms with van der Waals surface area (Å²) in [4.78, 5) is 19.0. The Morgan fingerprint density at radius 3 is 2.69 bits per heavy atom. The zero-order chi connectivity index (χ0) is 18.1. The second kappa shape index (κ2) is 5.47. The standard InChI is InChI=1S/C19H20F3N3O/c20-19(21,22)14-2-1-3-15-16(14)25-7-6-24(18(26)17(25)23-15)10-13-9-11-4-5-12(13)8-11/h1-3,11-13H,4-10H2.